The van der Waals surface area contributed by atoms with Gasteiger partial charge >= 0.3 is 0 Å². The summed E-state index contributed by atoms with van der Waals surface area (Å²) in [6.07, 6.45) is 7.83. The molecule has 0 aromatic carbocycles. The van der Waals surface area contributed by atoms with Gasteiger partial charge in [-0.25, -0.2) is 14.5 Å². The number of rotatable bonds is 3. The van der Waals surface area contributed by atoms with Gasteiger partial charge in [-0.2, -0.15) is 0 Å². The van der Waals surface area contributed by atoms with E-state index in [2.05, 4.69) is 30.7 Å². The van der Waals surface area contributed by atoms with Crippen LogP contribution in [-0.2, 0) is 24.3 Å². The van der Waals surface area contributed by atoms with Gasteiger partial charge in [0.15, 0.2) is 11.5 Å². The number of fused-ring (bicyclic) bond motifs is 5. The van der Waals surface area contributed by atoms with Crippen molar-refractivity contribution in [2.24, 2.45) is 0 Å². The highest BCUT2D eigenvalue weighted by molar-refractivity contribution is 7.19. The number of likely N-dealkylation sites (tertiary alicyclic amines) is 1. The zero-order valence-electron chi connectivity index (χ0n) is 16.4. The Morgan fingerprint density at radius 3 is 3.07 bits per heavy atom. The molecule has 0 radical (unpaired) electrons. The number of nitrogens with zero attached hydrogens (tertiary/aromatic N) is 5. The summed E-state index contributed by atoms with van der Waals surface area (Å²) in [4.78, 5) is 14.5. The second-order valence-electron chi connectivity index (χ2n) is 8.48. The van der Waals surface area contributed by atoms with E-state index in [-0.39, 0.29) is 5.60 Å². The first-order valence-electron chi connectivity index (χ1n) is 10.1. The average Bonchev–Trinajstić information content (AvgIpc) is 3.21. The smallest absolute Gasteiger partial charge is 0.168 e. The number of hydrogen-bond donors (Lipinski definition) is 0. The number of aromatic nitrogens is 4. The van der Waals surface area contributed by atoms with Gasteiger partial charge in [0.25, 0.3) is 0 Å². The summed E-state index contributed by atoms with van der Waals surface area (Å²) in [5.74, 6) is 0.913. The highest BCUT2D eigenvalue weighted by Gasteiger charge is 2.31. The number of thiophene rings is 1. The minimum atomic E-state index is -0.140. The summed E-state index contributed by atoms with van der Waals surface area (Å²) in [6.45, 7) is 9.26. The van der Waals surface area contributed by atoms with Gasteiger partial charge in [-0.15, -0.1) is 16.4 Å². The highest BCUT2D eigenvalue weighted by atomic mass is 32.1. The van der Waals surface area contributed by atoms with E-state index in [1.54, 1.807) is 11.3 Å². The highest BCUT2D eigenvalue weighted by Crippen LogP contribution is 2.39. The lowest BCUT2D eigenvalue weighted by molar-refractivity contribution is -0.0379. The van der Waals surface area contributed by atoms with Crippen LogP contribution in [0.2, 0.25) is 0 Å². The lowest BCUT2D eigenvalue weighted by Gasteiger charge is -2.34. The molecule has 6 nitrogen and oxygen atoms in total. The van der Waals surface area contributed by atoms with Gasteiger partial charge in [0.2, 0.25) is 0 Å². The third kappa shape index (κ3) is 3.05. The molecule has 0 unspecified atom stereocenters. The van der Waals surface area contributed by atoms with Crippen molar-refractivity contribution in [3.8, 4) is 0 Å². The zero-order valence-corrected chi connectivity index (χ0v) is 17.2. The van der Waals surface area contributed by atoms with Gasteiger partial charge in [-0.05, 0) is 45.2 Å². The van der Waals surface area contributed by atoms with Crippen LogP contribution in [0.15, 0.2) is 6.33 Å². The molecule has 3 aromatic heterocycles. The third-order valence-electron chi connectivity index (χ3n) is 6.02. The Balaban J connectivity index is 1.55. The van der Waals surface area contributed by atoms with Crippen molar-refractivity contribution in [2.75, 3.05) is 6.54 Å². The molecule has 5 rings (SSSR count). The molecule has 1 atom stereocenters. The van der Waals surface area contributed by atoms with Crippen molar-refractivity contribution in [2.45, 2.75) is 77.7 Å². The average molecular weight is 386 g/mol. The molecule has 0 N–H and O–H groups in total. The molecule has 0 aliphatic carbocycles. The standard InChI is InChI=1S/C20H27N5OS/c1-4-13-7-5-6-8-24(13)10-16-22-18-17-14-9-20(2,3)26-11-15(14)27-19(17)21-12-25(18)23-16/h12-13H,4-11H2,1-3H3/t13-/m1/s1. The van der Waals surface area contributed by atoms with Crippen LogP contribution in [0, 0.1) is 0 Å². The quantitative estimate of drug-likeness (QED) is 0.683. The third-order valence-corrected chi connectivity index (χ3v) is 7.13. The van der Waals surface area contributed by atoms with Gasteiger partial charge in [0.05, 0.1) is 24.1 Å². The Labute approximate surface area is 163 Å². The topological polar surface area (TPSA) is 55.6 Å². The van der Waals surface area contributed by atoms with Crippen molar-refractivity contribution < 1.29 is 4.74 Å². The van der Waals surface area contributed by atoms with Crippen LogP contribution in [0.5, 0.6) is 0 Å². The largest absolute Gasteiger partial charge is 0.370 e. The molecule has 2 aliphatic heterocycles. The second kappa shape index (κ2) is 6.50. The molecular formula is C20H27N5OS. The van der Waals surface area contributed by atoms with E-state index < -0.39 is 0 Å². The van der Waals surface area contributed by atoms with Crippen LogP contribution < -0.4 is 0 Å². The Bertz CT molecular complexity index is 991. The maximum atomic E-state index is 6.00. The van der Waals surface area contributed by atoms with Gasteiger partial charge < -0.3 is 4.74 Å². The van der Waals surface area contributed by atoms with E-state index in [4.69, 9.17) is 14.8 Å². The van der Waals surface area contributed by atoms with Gasteiger partial charge in [-0.3, -0.25) is 4.90 Å². The van der Waals surface area contributed by atoms with Crippen LogP contribution in [0.1, 0.15) is 62.7 Å². The Morgan fingerprint density at radius 2 is 2.22 bits per heavy atom. The fourth-order valence-electron chi connectivity index (χ4n) is 4.57. The second-order valence-corrected chi connectivity index (χ2v) is 9.56. The summed E-state index contributed by atoms with van der Waals surface area (Å²) in [5, 5.41) is 5.94. The van der Waals surface area contributed by atoms with Crippen LogP contribution >= 0.6 is 11.3 Å². The Kier molecular flexibility index (Phi) is 4.22. The number of hydrogen-bond acceptors (Lipinski definition) is 6. The summed E-state index contributed by atoms with van der Waals surface area (Å²) in [5.41, 5.74) is 2.17. The van der Waals surface area contributed by atoms with Gasteiger partial charge in [0, 0.05) is 17.3 Å². The molecule has 144 valence electrons. The van der Waals surface area contributed by atoms with Crippen molar-refractivity contribution in [3.05, 3.63) is 22.6 Å². The van der Waals surface area contributed by atoms with E-state index in [0.717, 1.165) is 35.8 Å². The predicted molar refractivity (Wildman–Crippen MR) is 107 cm³/mol. The van der Waals surface area contributed by atoms with Crippen LogP contribution in [0.25, 0.3) is 15.9 Å². The molecule has 27 heavy (non-hydrogen) atoms. The molecule has 3 aromatic rings. The lowest BCUT2D eigenvalue weighted by Crippen LogP contribution is -2.38. The molecule has 7 heteroatoms. The normalized spacial score (nSPS) is 23.1. The van der Waals surface area contributed by atoms with Gasteiger partial charge in [-0.1, -0.05) is 13.3 Å². The monoisotopic (exact) mass is 385 g/mol. The summed E-state index contributed by atoms with van der Waals surface area (Å²) < 4.78 is 7.87. The first-order chi connectivity index (χ1) is 13.0. The maximum Gasteiger partial charge on any atom is 0.168 e. The van der Waals surface area contributed by atoms with E-state index in [1.807, 2.05) is 10.8 Å². The number of ether oxygens (including phenoxy) is 1. The van der Waals surface area contributed by atoms with Crippen molar-refractivity contribution in [1.29, 1.82) is 0 Å². The zero-order chi connectivity index (χ0) is 18.6. The van der Waals surface area contributed by atoms with E-state index in [9.17, 15) is 0 Å². The molecule has 0 spiro atoms. The molecule has 2 aliphatic rings. The molecule has 5 heterocycles. The van der Waals surface area contributed by atoms with E-state index in [1.165, 1.54) is 41.5 Å². The van der Waals surface area contributed by atoms with Crippen molar-refractivity contribution in [1.82, 2.24) is 24.5 Å². The predicted octanol–water partition coefficient (Wildman–Crippen LogP) is 3.95. The molecule has 0 amide bonds. The van der Waals surface area contributed by atoms with E-state index in [0.29, 0.717) is 12.6 Å². The molecule has 0 bridgehead atoms. The van der Waals surface area contributed by atoms with Crippen LogP contribution in [-0.4, -0.2) is 42.7 Å². The minimum absolute atomic E-state index is 0.140. The molecule has 1 saturated heterocycles. The minimum Gasteiger partial charge on any atom is -0.370 e. The van der Waals surface area contributed by atoms with Gasteiger partial charge in [0.1, 0.15) is 11.2 Å². The van der Waals surface area contributed by atoms with E-state index >= 15 is 0 Å². The molecular weight excluding hydrogens is 358 g/mol. The maximum absolute atomic E-state index is 6.00. The fourth-order valence-corrected chi connectivity index (χ4v) is 5.63. The lowest BCUT2D eigenvalue weighted by atomic mass is 9.94. The van der Waals surface area contributed by atoms with Crippen molar-refractivity contribution >= 4 is 27.2 Å². The Hall–Kier alpha value is -1.57. The first-order valence-corrected chi connectivity index (χ1v) is 10.9. The number of piperidine rings is 1. The molecule has 0 saturated carbocycles. The summed E-state index contributed by atoms with van der Waals surface area (Å²) in [6, 6.07) is 0.662. The molecule has 1 fully saturated rings. The Morgan fingerprint density at radius 1 is 1.33 bits per heavy atom. The SMILES string of the molecule is CC[C@@H]1CCCCN1Cc1nc2c3c4c(sc3ncn2n1)COC(C)(C)C4. The summed E-state index contributed by atoms with van der Waals surface area (Å²) >= 11 is 1.74. The fraction of sp³-hybridized carbons (Fsp3) is 0.650. The van der Waals surface area contributed by atoms with Crippen LogP contribution in [0.3, 0.4) is 0 Å². The van der Waals surface area contributed by atoms with Crippen LogP contribution in [0.4, 0.5) is 0 Å². The van der Waals surface area contributed by atoms with Crippen molar-refractivity contribution in [3.63, 3.8) is 0 Å². The first kappa shape index (κ1) is 17.5. The summed E-state index contributed by atoms with van der Waals surface area (Å²) in [7, 11) is 0.